The average Bonchev–Trinajstić information content (AvgIpc) is 2.67. The molecule has 108 valence electrons. The van der Waals surface area contributed by atoms with Gasteiger partial charge in [-0.3, -0.25) is 0 Å². The molecule has 20 heavy (non-hydrogen) atoms. The Morgan fingerprint density at radius 3 is 2.90 bits per heavy atom. The standard InChI is InChI=1S/C17H23BrN2/c1-2-4-13-5-3-6-16(9-7-13)20-17-10-8-15(18)11-14(17)12-19/h8,10-11,13,16,20H,2-7,9H2,1H3. The number of hydrogen-bond donors (Lipinski definition) is 1. The summed E-state index contributed by atoms with van der Waals surface area (Å²) in [7, 11) is 0. The first kappa shape index (κ1) is 15.4. The van der Waals surface area contributed by atoms with Gasteiger partial charge >= 0.3 is 0 Å². The number of rotatable bonds is 4. The summed E-state index contributed by atoms with van der Waals surface area (Å²) in [4.78, 5) is 0. The summed E-state index contributed by atoms with van der Waals surface area (Å²) in [6.07, 6.45) is 9.12. The van der Waals surface area contributed by atoms with Gasteiger partial charge in [-0.05, 0) is 43.4 Å². The minimum absolute atomic E-state index is 0.519. The van der Waals surface area contributed by atoms with E-state index in [4.69, 9.17) is 0 Å². The Balaban J connectivity index is 1.98. The van der Waals surface area contributed by atoms with Crippen LogP contribution in [0.5, 0.6) is 0 Å². The first-order valence-corrected chi connectivity index (χ1v) is 8.48. The van der Waals surface area contributed by atoms with Crippen LogP contribution in [0.25, 0.3) is 0 Å². The van der Waals surface area contributed by atoms with Crippen LogP contribution in [0.15, 0.2) is 22.7 Å². The fourth-order valence-corrected chi connectivity index (χ4v) is 3.54. The van der Waals surface area contributed by atoms with E-state index in [0.717, 1.165) is 21.6 Å². The molecule has 1 aromatic rings. The highest BCUT2D eigenvalue weighted by molar-refractivity contribution is 9.10. The van der Waals surface area contributed by atoms with E-state index in [1.165, 1.54) is 44.9 Å². The van der Waals surface area contributed by atoms with Gasteiger partial charge in [0.15, 0.2) is 0 Å². The second-order valence-electron chi connectivity index (χ2n) is 5.81. The first-order chi connectivity index (χ1) is 9.72. The van der Waals surface area contributed by atoms with Gasteiger partial charge in [0.25, 0.3) is 0 Å². The van der Waals surface area contributed by atoms with Crippen molar-refractivity contribution in [3.05, 3.63) is 28.2 Å². The van der Waals surface area contributed by atoms with Crippen LogP contribution in [-0.2, 0) is 0 Å². The third kappa shape index (κ3) is 4.24. The van der Waals surface area contributed by atoms with Crippen LogP contribution in [0.4, 0.5) is 5.69 Å². The van der Waals surface area contributed by atoms with Crippen LogP contribution < -0.4 is 5.32 Å². The Morgan fingerprint density at radius 2 is 2.15 bits per heavy atom. The Hall–Kier alpha value is -1.01. The van der Waals surface area contributed by atoms with Crippen molar-refractivity contribution < 1.29 is 0 Å². The predicted octanol–water partition coefficient (Wildman–Crippen LogP) is 5.48. The number of nitriles is 1. The van der Waals surface area contributed by atoms with Gasteiger partial charge in [0, 0.05) is 10.5 Å². The third-order valence-corrected chi connectivity index (χ3v) is 4.74. The summed E-state index contributed by atoms with van der Waals surface area (Å²) >= 11 is 3.42. The lowest BCUT2D eigenvalue weighted by molar-refractivity contribution is 0.422. The zero-order valence-corrected chi connectivity index (χ0v) is 13.7. The summed E-state index contributed by atoms with van der Waals surface area (Å²) in [5.41, 5.74) is 1.71. The van der Waals surface area contributed by atoms with Crippen LogP contribution >= 0.6 is 15.9 Å². The van der Waals surface area contributed by atoms with E-state index >= 15 is 0 Å². The topological polar surface area (TPSA) is 35.8 Å². The molecule has 2 atom stereocenters. The van der Waals surface area contributed by atoms with E-state index in [9.17, 15) is 5.26 Å². The van der Waals surface area contributed by atoms with Crippen molar-refractivity contribution in [3.63, 3.8) is 0 Å². The molecular formula is C17H23BrN2. The van der Waals surface area contributed by atoms with E-state index in [-0.39, 0.29) is 0 Å². The molecule has 1 fully saturated rings. The van der Waals surface area contributed by atoms with Gasteiger partial charge < -0.3 is 5.32 Å². The number of halogens is 1. The summed E-state index contributed by atoms with van der Waals surface area (Å²) in [6.45, 7) is 2.28. The molecule has 0 heterocycles. The number of nitrogens with one attached hydrogen (secondary N) is 1. The molecule has 0 bridgehead atoms. The number of hydrogen-bond acceptors (Lipinski definition) is 2. The van der Waals surface area contributed by atoms with Gasteiger partial charge in [0.1, 0.15) is 6.07 Å². The first-order valence-electron chi connectivity index (χ1n) is 7.69. The SMILES string of the molecule is CCCC1CCCC(Nc2ccc(Br)cc2C#N)CC1. The monoisotopic (exact) mass is 334 g/mol. The van der Waals surface area contributed by atoms with Crippen molar-refractivity contribution >= 4 is 21.6 Å². The number of benzene rings is 1. The van der Waals surface area contributed by atoms with E-state index in [2.05, 4.69) is 34.2 Å². The minimum atomic E-state index is 0.519. The van der Waals surface area contributed by atoms with Crippen LogP contribution in [-0.4, -0.2) is 6.04 Å². The van der Waals surface area contributed by atoms with E-state index < -0.39 is 0 Å². The molecule has 1 aromatic carbocycles. The molecule has 0 aromatic heterocycles. The number of nitrogens with zero attached hydrogens (tertiary/aromatic N) is 1. The van der Waals surface area contributed by atoms with Gasteiger partial charge in [0.2, 0.25) is 0 Å². The van der Waals surface area contributed by atoms with Crippen LogP contribution in [0.3, 0.4) is 0 Å². The lowest BCUT2D eigenvalue weighted by atomic mass is 9.95. The minimum Gasteiger partial charge on any atom is -0.381 e. The zero-order valence-electron chi connectivity index (χ0n) is 12.2. The van der Waals surface area contributed by atoms with Crippen molar-refractivity contribution in [2.45, 2.75) is 57.9 Å². The van der Waals surface area contributed by atoms with Crippen molar-refractivity contribution in [1.29, 1.82) is 5.26 Å². The lowest BCUT2D eigenvalue weighted by Gasteiger charge is -2.19. The molecule has 2 unspecified atom stereocenters. The van der Waals surface area contributed by atoms with Crippen LogP contribution in [0.1, 0.15) is 57.4 Å². The third-order valence-electron chi connectivity index (χ3n) is 4.25. The smallest absolute Gasteiger partial charge is 0.101 e. The van der Waals surface area contributed by atoms with E-state index in [0.29, 0.717) is 6.04 Å². The largest absolute Gasteiger partial charge is 0.381 e. The molecular weight excluding hydrogens is 312 g/mol. The molecule has 0 aliphatic heterocycles. The molecule has 0 radical (unpaired) electrons. The summed E-state index contributed by atoms with van der Waals surface area (Å²) < 4.78 is 0.962. The Bertz CT molecular complexity index is 478. The van der Waals surface area contributed by atoms with Gasteiger partial charge in [-0.25, -0.2) is 0 Å². The molecule has 1 aliphatic carbocycles. The molecule has 1 aliphatic rings. The Morgan fingerprint density at radius 1 is 1.30 bits per heavy atom. The summed E-state index contributed by atoms with van der Waals surface area (Å²) in [5.74, 6) is 0.909. The summed E-state index contributed by atoms with van der Waals surface area (Å²) in [5, 5.41) is 12.8. The molecule has 0 spiro atoms. The normalized spacial score (nSPS) is 22.9. The molecule has 3 heteroatoms. The highest BCUT2D eigenvalue weighted by Crippen LogP contribution is 2.29. The fourth-order valence-electron chi connectivity index (χ4n) is 3.17. The molecule has 0 saturated heterocycles. The summed E-state index contributed by atoms with van der Waals surface area (Å²) in [6, 6.07) is 8.70. The van der Waals surface area contributed by atoms with E-state index in [1.807, 2.05) is 18.2 Å². The molecule has 1 N–H and O–H groups in total. The highest BCUT2D eigenvalue weighted by Gasteiger charge is 2.19. The maximum absolute atomic E-state index is 9.23. The predicted molar refractivity (Wildman–Crippen MR) is 87.8 cm³/mol. The van der Waals surface area contributed by atoms with Crippen LogP contribution in [0.2, 0.25) is 0 Å². The molecule has 2 nitrogen and oxygen atoms in total. The maximum Gasteiger partial charge on any atom is 0.101 e. The van der Waals surface area contributed by atoms with Crippen molar-refractivity contribution in [1.82, 2.24) is 0 Å². The maximum atomic E-state index is 9.23. The highest BCUT2D eigenvalue weighted by atomic mass is 79.9. The second kappa shape index (κ2) is 7.69. The van der Waals surface area contributed by atoms with E-state index in [1.54, 1.807) is 0 Å². The lowest BCUT2D eigenvalue weighted by Crippen LogP contribution is -2.19. The van der Waals surface area contributed by atoms with Crippen molar-refractivity contribution in [2.24, 2.45) is 5.92 Å². The Labute approximate surface area is 130 Å². The molecule has 2 rings (SSSR count). The van der Waals surface area contributed by atoms with Gasteiger partial charge in [-0.2, -0.15) is 5.26 Å². The van der Waals surface area contributed by atoms with Crippen molar-refractivity contribution in [3.8, 4) is 6.07 Å². The fraction of sp³-hybridized carbons (Fsp3) is 0.588. The van der Waals surface area contributed by atoms with Gasteiger partial charge in [-0.15, -0.1) is 0 Å². The van der Waals surface area contributed by atoms with Gasteiger partial charge in [-0.1, -0.05) is 48.5 Å². The van der Waals surface area contributed by atoms with Crippen molar-refractivity contribution in [2.75, 3.05) is 5.32 Å². The molecule has 0 amide bonds. The van der Waals surface area contributed by atoms with Gasteiger partial charge in [0.05, 0.1) is 11.3 Å². The molecule has 1 saturated carbocycles. The Kier molecular flexibility index (Phi) is 5.91. The second-order valence-corrected chi connectivity index (χ2v) is 6.72. The zero-order chi connectivity index (χ0) is 14.4. The quantitative estimate of drug-likeness (QED) is 0.739. The average molecular weight is 335 g/mol. The number of anilines is 1. The van der Waals surface area contributed by atoms with Crippen LogP contribution in [0, 0.1) is 17.2 Å².